The number of imidazole rings is 1. The molecule has 2 N–H and O–H groups in total. The molecule has 1 amide bonds. The van der Waals surface area contributed by atoms with Gasteiger partial charge in [-0.15, -0.1) is 0 Å². The number of para-hydroxylation sites is 2. The molecule has 1 aliphatic heterocycles. The lowest BCUT2D eigenvalue weighted by Gasteiger charge is -2.24. The Kier molecular flexibility index (Phi) is 5.92. The van der Waals surface area contributed by atoms with Crippen LogP contribution in [-0.2, 0) is 11.3 Å². The number of nitrogens with zero attached hydrogens (tertiary/aromatic N) is 2. The normalized spacial score (nSPS) is 19.9. The molecule has 29 heavy (non-hydrogen) atoms. The van der Waals surface area contributed by atoms with Gasteiger partial charge < -0.3 is 10.3 Å². The highest BCUT2D eigenvalue weighted by Crippen LogP contribution is 2.33. The maximum atomic E-state index is 12.9. The summed E-state index contributed by atoms with van der Waals surface area (Å²) in [6.07, 6.45) is 0.825. The molecule has 2 heterocycles. The first-order valence-electron chi connectivity index (χ1n) is 10.2. The van der Waals surface area contributed by atoms with Crippen LogP contribution >= 0.6 is 11.8 Å². The number of hydrogen-bond donors (Lipinski definition) is 2. The molecule has 3 aromatic rings. The van der Waals surface area contributed by atoms with Crippen molar-refractivity contribution in [2.75, 3.05) is 6.54 Å². The largest absolute Gasteiger partial charge is 0.353 e. The van der Waals surface area contributed by atoms with Gasteiger partial charge in [0.1, 0.15) is 0 Å². The van der Waals surface area contributed by atoms with Gasteiger partial charge in [0.05, 0.1) is 17.1 Å². The van der Waals surface area contributed by atoms with E-state index < -0.39 is 0 Å². The first kappa shape index (κ1) is 20.0. The van der Waals surface area contributed by atoms with Crippen LogP contribution in [0, 0.1) is 6.92 Å². The molecule has 0 radical (unpaired) electrons. The van der Waals surface area contributed by atoms with Gasteiger partial charge in [-0.05, 0) is 44.9 Å². The van der Waals surface area contributed by atoms with Crippen molar-refractivity contribution in [1.82, 2.24) is 20.2 Å². The lowest BCUT2D eigenvalue weighted by molar-refractivity contribution is -0.126. The van der Waals surface area contributed by atoms with Crippen LogP contribution in [0.25, 0.3) is 11.0 Å². The second-order valence-corrected chi connectivity index (χ2v) is 9.42. The second-order valence-electron chi connectivity index (χ2n) is 8.13. The molecule has 4 rings (SSSR count). The molecule has 0 bridgehead atoms. The Balaban J connectivity index is 1.51. The number of thioether (sulfide) groups is 1. The van der Waals surface area contributed by atoms with Gasteiger partial charge in [0.25, 0.3) is 0 Å². The van der Waals surface area contributed by atoms with Crippen LogP contribution in [0.1, 0.15) is 31.4 Å². The number of benzene rings is 2. The van der Waals surface area contributed by atoms with Gasteiger partial charge >= 0.3 is 0 Å². The standard InChI is InChI=1S/C23H28N4OS/c1-15(2)24-22(28)21-12-18(14-27(21)13-17-8-6-7-16(3)11-17)29-23-25-19-9-4-5-10-20(19)26-23/h4-11,15,18,21H,12-14H2,1-3H3,(H,24,28)(H,25,26)/t18-,21-/m0/s1. The maximum Gasteiger partial charge on any atom is 0.237 e. The fourth-order valence-corrected chi connectivity index (χ4v) is 5.14. The average molecular weight is 409 g/mol. The van der Waals surface area contributed by atoms with Crippen molar-refractivity contribution in [3.63, 3.8) is 0 Å². The van der Waals surface area contributed by atoms with E-state index in [1.165, 1.54) is 11.1 Å². The van der Waals surface area contributed by atoms with E-state index in [0.717, 1.165) is 35.7 Å². The van der Waals surface area contributed by atoms with Crippen LogP contribution in [0.5, 0.6) is 0 Å². The monoisotopic (exact) mass is 408 g/mol. The van der Waals surface area contributed by atoms with Crippen LogP contribution in [0.2, 0.25) is 0 Å². The summed E-state index contributed by atoms with van der Waals surface area (Å²) < 4.78 is 0. The van der Waals surface area contributed by atoms with Crippen LogP contribution in [0.3, 0.4) is 0 Å². The number of likely N-dealkylation sites (tertiary alicyclic amines) is 1. The Hall–Kier alpha value is -2.31. The van der Waals surface area contributed by atoms with E-state index in [1.54, 1.807) is 11.8 Å². The summed E-state index contributed by atoms with van der Waals surface area (Å²) in [5.74, 6) is 0.125. The number of carbonyl (C=O) groups excluding carboxylic acids is 1. The van der Waals surface area contributed by atoms with Crippen molar-refractivity contribution in [2.24, 2.45) is 0 Å². The average Bonchev–Trinajstić information content (AvgIpc) is 3.24. The Labute approximate surface area is 176 Å². The highest BCUT2D eigenvalue weighted by molar-refractivity contribution is 7.99. The number of H-pyrrole nitrogens is 1. The smallest absolute Gasteiger partial charge is 0.237 e. The summed E-state index contributed by atoms with van der Waals surface area (Å²) in [6.45, 7) is 7.79. The predicted octanol–water partition coefficient (Wildman–Crippen LogP) is 4.13. The van der Waals surface area contributed by atoms with Crippen LogP contribution in [0.15, 0.2) is 53.7 Å². The quantitative estimate of drug-likeness (QED) is 0.644. The predicted molar refractivity (Wildman–Crippen MR) is 119 cm³/mol. The number of amides is 1. The minimum Gasteiger partial charge on any atom is -0.353 e. The molecule has 2 aromatic carbocycles. The third-order valence-electron chi connectivity index (χ3n) is 5.21. The van der Waals surface area contributed by atoms with E-state index in [1.807, 2.05) is 38.1 Å². The number of aromatic nitrogens is 2. The first-order valence-corrected chi connectivity index (χ1v) is 11.1. The van der Waals surface area contributed by atoms with Gasteiger partial charge in [0, 0.05) is 24.4 Å². The van der Waals surface area contributed by atoms with E-state index in [9.17, 15) is 4.79 Å². The SMILES string of the molecule is Cc1cccc(CN2C[C@@H](Sc3nc4ccccc4[nH]3)C[C@H]2C(=O)NC(C)C)c1. The minimum absolute atomic E-state index is 0.111. The molecular formula is C23H28N4OS. The number of aryl methyl sites for hydroxylation is 1. The van der Waals surface area contributed by atoms with Gasteiger partial charge in [0.2, 0.25) is 5.91 Å². The topological polar surface area (TPSA) is 61.0 Å². The zero-order chi connectivity index (χ0) is 20.4. The van der Waals surface area contributed by atoms with Crippen LogP contribution in [0.4, 0.5) is 0 Å². The maximum absolute atomic E-state index is 12.9. The molecule has 0 unspecified atom stereocenters. The lowest BCUT2D eigenvalue weighted by Crippen LogP contribution is -2.45. The number of carbonyl (C=O) groups is 1. The molecular weight excluding hydrogens is 380 g/mol. The lowest BCUT2D eigenvalue weighted by atomic mass is 10.1. The van der Waals surface area contributed by atoms with Crippen LogP contribution < -0.4 is 5.32 Å². The molecule has 6 heteroatoms. The van der Waals surface area contributed by atoms with E-state index in [0.29, 0.717) is 5.25 Å². The van der Waals surface area contributed by atoms with E-state index in [4.69, 9.17) is 4.98 Å². The van der Waals surface area contributed by atoms with Crippen molar-refractivity contribution in [2.45, 2.75) is 56.2 Å². The summed E-state index contributed by atoms with van der Waals surface area (Å²) in [5.41, 5.74) is 4.54. The molecule has 152 valence electrons. The fourth-order valence-electron chi connectivity index (χ4n) is 3.96. The van der Waals surface area contributed by atoms with Gasteiger partial charge in [-0.3, -0.25) is 9.69 Å². The first-order chi connectivity index (χ1) is 14.0. The highest BCUT2D eigenvalue weighted by Gasteiger charge is 2.37. The Morgan fingerprint density at radius 2 is 2.10 bits per heavy atom. The second kappa shape index (κ2) is 8.59. The minimum atomic E-state index is -0.111. The van der Waals surface area contributed by atoms with Crippen molar-refractivity contribution in [3.05, 3.63) is 59.7 Å². The van der Waals surface area contributed by atoms with Crippen LogP contribution in [-0.4, -0.2) is 44.7 Å². The molecule has 0 spiro atoms. The van der Waals surface area contributed by atoms with E-state index >= 15 is 0 Å². The molecule has 1 fully saturated rings. The van der Waals surface area contributed by atoms with Crippen molar-refractivity contribution >= 4 is 28.7 Å². The van der Waals surface area contributed by atoms with Gasteiger partial charge in [0.15, 0.2) is 5.16 Å². The molecule has 1 saturated heterocycles. The van der Waals surface area contributed by atoms with Gasteiger partial charge in [-0.1, -0.05) is 53.7 Å². The summed E-state index contributed by atoms with van der Waals surface area (Å²) in [6, 6.07) is 16.7. The molecule has 0 aliphatic carbocycles. The molecule has 2 atom stereocenters. The van der Waals surface area contributed by atoms with E-state index in [2.05, 4.69) is 46.4 Å². The van der Waals surface area contributed by atoms with Crippen molar-refractivity contribution < 1.29 is 4.79 Å². The third-order valence-corrected chi connectivity index (χ3v) is 6.30. The van der Waals surface area contributed by atoms with E-state index in [-0.39, 0.29) is 18.0 Å². The number of rotatable bonds is 6. The van der Waals surface area contributed by atoms with Gasteiger partial charge in [-0.25, -0.2) is 4.98 Å². The fraction of sp³-hybridized carbons (Fsp3) is 0.391. The third kappa shape index (κ3) is 4.82. The molecule has 1 aromatic heterocycles. The van der Waals surface area contributed by atoms with Gasteiger partial charge in [-0.2, -0.15) is 0 Å². The number of aromatic amines is 1. The zero-order valence-electron chi connectivity index (χ0n) is 17.2. The number of hydrogen-bond acceptors (Lipinski definition) is 4. The summed E-state index contributed by atoms with van der Waals surface area (Å²) in [4.78, 5) is 23.3. The number of nitrogens with one attached hydrogen (secondary N) is 2. The Morgan fingerprint density at radius 3 is 2.86 bits per heavy atom. The number of fused-ring (bicyclic) bond motifs is 1. The van der Waals surface area contributed by atoms with Crippen molar-refractivity contribution in [1.29, 1.82) is 0 Å². The Bertz CT molecular complexity index is 966. The van der Waals surface area contributed by atoms with Crippen molar-refractivity contribution in [3.8, 4) is 0 Å². The highest BCUT2D eigenvalue weighted by atomic mass is 32.2. The summed E-state index contributed by atoms with van der Waals surface area (Å²) in [7, 11) is 0. The molecule has 0 saturated carbocycles. The zero-order valence-corrected chi connectivity index (χ0v) is 18.0. The summed E-state index contributed by atoms with van der Waals surface area (Å²) >= 11 is 1.75. The molecule has 1 aliphatic rings. The molecule has 5 nitrogen and oxygen atoms in total. The Morgan fingerprint density at radius 1 is 1.28 bits per heavy atom. The summed E-state index contributed by atoms with van der Waals surface area (Å²) in [5, 5.41) is 4.35.